The quantitative estimate of drug-likeness (QED) is 0.597. The Bertz CT molecular complexity index is 874. The van der Waals surface area contributed by atoms with E-state index in [-0.39, 0.29) is 5.75 Å². The fourth-order valence-corrected chi connectivity index (χ4v) is 3.38. The maximum absolute atomic E-state index is 9.98. The molecule has 0 spiro atoms. The summed E-state index contributed by atoms with van der Waals surface area (Å²) in [6, 6.07) is 15.6. The molecule has 3 aromatic rings. The van der Waals surface area contributed by atoms with Crippen molar-refractivity contribution < 1.29 is 5.11 Å². The average Bonchev–Trinajstić information content (AvgIpc) is 2.65. The third-order valence-electron chi connectivity index (χ3n) is 4.70. The largest absolute Gasteiger partial charge is 0.506 e. The highest BCUT2D eigenvalue weighted by atomic mass is 16.3. The van der Waals surface area contributed by atoms with E-state index in [2.05, 4.69) is 20.6 Å². The number of nitrogens with zero attached hydrogens (tertiary/aromatic N) is 2. The maximum Gasteiger partial charge on any atom is 0.229 e. The molecule has 25 heavy (non-hydrogen) atoms. The van der Waals surface area contributed by atoms with Gasteiger partial charge < -0.3 is 15.7 Å². The number of aromatic nitrogens is 2. The number of phenolic OH excluding ortho intramolecular Hbond substituents is 1. The summed E-state index contributed by atoms with van der Waals surface area (Å²) >= 11 is 0. The van der Waals surface area contributed by atoms with E-state index >= 15 is 0 Å². The van der Waals surface area contributed by atoms with Gasteiger partial charge in [0.2, 0.25) is 5.95 Å². The van der Waals surface area contributed by atoms with Crippen molar-refractivity contribution in [1.29, 1.82) is 0 Å². The molecule has 1 aliphatic rings. The van der Waals surface area contributed by atoms with Crippen LogP contribution in [-0.4, -0.2) is 21.1 Å². The molecule has 1 aliphatic carbocycles. The summed E-state index contributed by atoms with van der Waals surface area (Å²) in [5, 5.41) is 17.7. The van der Waals surface area contributed by atoms with Gasteiger partial charge in [0.25, 0.3) is 0 Å². The van der Waals surface area contributed by atoms with Crippen molar-refractivity contribution in [2.75, 3.05) is 10.6 Å². The lowest BCUT2D eigenvalue weighted by molar-refractivity contribution is 0.462. The molecule has 0 saturated heterocycles. The Balaban J connectivity index is 1.69. The molecule has 1 aromatic heterocycles. The molecule has 4 rings (SSSR count). The summed E-state index contributed by atoms with van der Waals surface area (Å²) in [5.41, 5.74) is 1.48. The van der Waals surface area contributed by atoms with Gasteiger partial charge in [0.1, 0.15) is 11.6 Å². The van der Waals surface area contributed by atoms with E-state index in [9.17, 15) is 5.11 Å². The molecule has 0 atom stereocenters. The zero-order valence-corrected chi connectivity index (χ0v) is 14.1. The third-order valence-corrected chi connectivity index (χ3v) is 4.70. The predicted molar refractivity (Wildman–Crippen MR) is 101 cm³/mol. The highest BCUT2D eigenvalue weighted by Crippen LogP contribution is 2.29. The summed E-state index contributed by atoms with van der Waals surface area (Å²) in [6.45, 7) is 0. The maximum atomic E-state index is 9.98. The SMILES string of the molecule is Oc1ccccc1Nc1nc(NC2CCCCC2)c2ccccc2n1. The van der Waals surface area contributed by atoms with Crippen LogP contribution in [0.15, 0.2) is 48.5 Å². The smallest absolute Gasteiger partial charge is 0.229 e. The van der Waals surface area contributed by atoms with Gasteiger partial charge in [0.05, 0.1) is 11.2 Å². The van der Waals surface area contributed by atoms with Gasteiger partial charge in [-0.05, 0) is 37.1 Å². The number of anilines is 3. The van der Waals surface area contributed by atoms with Crippen molar-refractivity contribution in [3.05, 3.63) is 48.5 Å². The van der Waals surface area contributed by atoms with Crippen LogP contribution in [0, 0.1) is 0 Å². The van der Waals surface area contributed by atoms with Crippen molar-refractivity contribution >= 4 is 28.4 Å². The summed E-state index contributed by atoms with van der Waals surface area (Å²) in [7, 11) is 0. The molecule has 0 bridgehead atoms. The summed E-state index contributed by atoms with van der Waals surface area (Å²) in [4.78, 5) is 9.28. The lowest BCUT2D eigenvalue weighted by atomic mass is 9.95. The van der Waals surface area contributed by atoms with Crippen molar-refractivity contribution in [3.63, 3.8) is 0 Å². The number of benzene rings is 2. The van der Waals surface area contributed by atoms with Crippen LogP contribution < -0.4 is 10.6 Å². The normalized spacial score (nSPS) is 15.2. The molecule has 3 N–H and O–H groups in total. The average molecular weight is 334 g/mol. The van der Waals surface area contributed by atoms with Crippen LogP contribution in [0.25, 0.3) is 10.9 Å². The molecule has 0 unspecified atom stereocenters. The molecule has 2 aromatic carbocycles. The molecular formula is C20H22N4O. The van der Waals surface area contributed by atoms with Crippen LogP contribution in [0.3, 0.4) is 0 Å². The molecule has 0 amide bonds. The third kappa shape index (κ3) is 3.50. The lowest BCUT2D eigenvalue weighted by Crippen LogP contribution is -2.23. The minimum absolute atomic E-state index is 0.182. The Morgan fingerprint density at radius 3 is 2.48 bits per heavy atom. The Morgan fingerprint density at radius 1 is 0.880 bits per heavy atom. The molecule has 1 fully saturated rings. The first kappa shape index (κ1) is 15.7. The van der Waals surface area contributed by atoms with E-state index in [0.717, 1.165) is 16.7 Å². The van der Waals surface area contributed by atoms with Crippen LogP contribution in [0.2, 0.25) is 0 Å². The highest BCUT2D eigenvalue weighted by Gasteiger charge is 2.16. The Morgan fingerprint density at radius 2 is 1.64 bits per heavy atom. The van der Waals surface area contributed by atoms with Gasteiger partial charge in [-0.1, -0.05) is 43.5 Å². The molecule has 5 heteroatoms. The van der Waals surface area contributed by atoms with Gasteiger partial charge >= 0.3 is 0 Å². The number of hydrogen-bond donors (Lipinski definition) is 3. The first-order valence-corrected chi connectivity index (χ1v) is 8.88. The van der Waals surface area contributed by atoms with Crippen LogP contribution in [0.4, 0.5) is 17.5 Å². The summed E-state index contributed by atoms with van der Waals surface area (Å²) in [5.74, 6) is 1.52. The molecule has 0 aliphatic heterocycles. The second-order valence-corrected chi connectivity index (χ2v) is 6.53. The van der Waals surface area contributed by atoms with Crippen molar-refractivity contribution in [2.45, 2.75) is 38.1 Å². The lowest BCUT2D eigenvalue weighted by Gasteiger charge is -2.24. The van der Waals surface area contributed by atoms with Crippen molar-refractivity contribution in [2.24, 2.45) is 0 Å². The standard InChI is InChI=1S/C20H22N4O/c25-18-13-7-6-12-17(18)23-20-22-16-11-5-4-10-15(16)19(24-20)21-14-8-2-1-3-9-14/h4-7,10-14,25H,1-3,8-9H2,(H2,21,22,23,24). The first-order chi connectivity index (χ1) is 12.3. The van der Waals surface area contributed by atoms with E-state index < -0.39 is 0 Å². The van der Waals surface area contributed by atoms with Crippen LogP contribution in [-0.2, 0) is 0 Å². The monoisotopic (exact) mass is 334 g/mol. The number of phenols is 1. The van der Waals surface area contributed by atoms with Crippen LogP contribution in [0.5, 0.6) is 5.75 Å². The number of aromatic hydroxyl groups is 1. The van der Waals surface area contributed by atoms with E-state index in [1.165, 1.54) is 32.1 Å². The van der Waals surface area contributed by atoms with Gasteiger partial charge in [0, 0.05) is 11.4 Å². The number of nitrogens with one attached hydrogen (secondary N) is 2. The van der Waals surface area contributed by atoms with E-state index in [1.807, 2.05) is 36.4 Å². The summed E-state index contributed by atoms with van der Waals surface area (Å²) in [6.07, 6.45) is 6.22. The number of para-hydroxylation sites is 3. The summed E-state index contributed by atoms with van der Waals surface area (Å²) < 4.78 is 0. The van der Waals surface area contributed by atoms with E-state index in [4.69, 9.17) is 0 Å². The minimum atomic E-state index is 0.182. The van der Waals surface area contributed by atoms with Crippen LogP contribution in [0.1, 0.15) is 32.1 Å². The topological polar surface area (TPSA) is 70.1 Å². The Hall–Kier alpha value is -2.82. The number of rotatable bonds is 4. The molecular weight excluding hydrogens is 312 g/mol. The first-order valence-electron chi connectivity index (χ1n) is 8.88. The van der Waals surface area contributed by atoms with Crippen molar-refractivity contribution in [3.8, 4) is 5.75 Å². The number of fused-ring (bicyclic) bond motifs is 1. The highest BCUT2D eigenvalue weighted by molar-refractivity contribution is 5.90. The second-order valence-electron chi connectivity index (χ2n) is 6.53. The molecule has 5 nitrogen and oxygen atoms in total. The molecule has 128 valence electrons. The van der Waals surface area contributed by atoms with E-state index in [1.54, 1.807) is 12.1 Å². The molecule has 1 saturated carbocycles. The fourth-order valence-electron chi connectivity index (χ4n) is 3.38. The number of hydrogen-bond acceptors (Lipinski definition) is 5. The molecule has 0 radical (unpaired) electrons. The van der Waals surface area contributed by atoms with Gasteiger partial charge in [-0.2, -0.15) is 4.98 Å². The Kier molecular flexibility index (Phi) is 4.37. The Labute approximate surface area is 147 Å². The minimum Gasteiger partial charge on any atom is -0.506 e. The van der Waals surface area contributed by atoms with Crippen molar-refractivity contribution in [1.82, 2.24) is 9.97 Å². The van der Waals surface area contributed by atoms with Gasteiger partial charge in [-0.25, -0.2) is 4.98 Å². The van der Waals surface area contributed by atoms with E-state index in [0.29, 0.717) is 17.7 Å². The van der Waals surface area contributed by atoms with Gasteiger partial charge in [-0.15, -0.1) is 0 Å². The van der Waals surface area contributed by atoms with Gasteiger partial charge in [0.15, 0.2) is 0 Å². The zero-order valence-electron chi connectivity index (χ0n) is 14.1. The second kappa shape index (κ2) is 6.97. The van der Waals surface area contributed by atoms with Crippen LogP contribution >= 0.6 is 0 Å². The van der Waals surface area contributed by atoms with Gasteiger partial charge in [-0.3, -0.25) is 0 Å². The zero-order chi connectivity index (χ0) is 17.1. The predicted octanol–water partition coefficient (Wildman–Crippen LogP) is 4.82. The molecule has 1 heterocycles. The fraction of sp³-hybridized carbons (Fsp3) is 0.300.